The van der Waals surface area contributed by atoms with Gasteiger partial charge in [0.25, 0.3) is 0 Å². The minimum absolute atomic E-state index is 0.0895. The SMILES string of the molecule is CCCC(CCCCC(=O)c1cnc(/C=C(\C)C(C)(C)C)c(C)n1)COC(C)(C)C. The Bertz CT molecular complexity index is 709. The van der Waals surface area contributed by atoms with E-state index in [2.05, 4.69) is 71.4 Å². The average Bonchev–Trinajstić information content (AvgIpc) is 2.62. The lowest BCUT2D eigenvalue weighted by atomic mass is 9.87. The highest BCUT2D eigenvalue weighted by molar-refractivity contribution is 5.94. The van der Waals surface area contributed by atoms with Gasteiger partial charge in [-0.15, -0.1) is 0 Å². The van der Waals surface area contributed by atoms with Crippen LogP contribution in [0.5, 0.6) is 0 Å². The molecular weight excluding hydrogens is 372 g/mol. The molecule has 0 amide bonds. The fourth-order valence-corrected chi connectivity index (χ4v) is 3.12. The molecule has 170 valence electrons. The lowest BCUT2D eigenvalue weighted by Crippen LogP contribution is -2.23. The van der Waals surface area contributed by atoms with Gasteiger partial charge in [0.1, 0.15) is 5.69 Å². The van der Waals surface area contributed by atoms with Crippen molar-refractivity contribution in [2.75, 3.05) is 6.61 Å². The van der Waals surface area contributed by atoms with Crippen molar-refractivity contribution in [3.63, 3.8) is 0 Å². The molecule has 0 aliphatic heterocycles. The minimum Gasteiger partial charge on any atom is -0.376 e. The van der Waals surface area contributed by atoms with Crippen molar-refractivity contribution in [2.45, 2.75) is 106 Å². The zero-order valence-electron chi connectivity index (χ0n) is 20.9. The first-order valence-electron chi connectivity index (χ1n) is 11.5. The highest BCUT2D eigenvalue weighted by Crippen LogP contribution is 2.26. The number of carbonyl (C=O) groups is 1. The van der Waals surface area contributed by atoms with Crippen molar-refractivity contribution in [1.82, 2.24) is 9.97 Å². The van der Waals surface area contributed by atoms with E-state index in [0.717, 1.165) is 37.3 Å². The first-order valence-corrected chi connectivity index (χ1v) is 11.5. The Balaban J connectivity index is 2.58. The molecule has 0 N–H and O–H groups in total. The molecule has 4 heteroatoms. The van der Waals surface area contributed by atoms with Crippen LogP contribution in [0, 0.1) is 18.3 Å². The predicted octanol–water partition coefficient (Wildman–Crippen LogP) is 7.21. The number of nitrogens with zero attached hydrogens (tertiary/aromatic N) is 2. The van der Waals surface area contributed by atoms with E-state index in [1.165, 1.54) is 18.4 Å². The normalized spacial score (nSPS) is 14.1. The Hall–Kier alpha value is -1.55. The third-order valence-corrected chi connectivity index (χ3v) is 5.52. The number of hydrogen-bond donors (Lipinski definition) is 0. The van der Waals surface area contributed by atoms with Gasteiger partial charge in [0.15, 0.2) is 5.78 Å². The minimum atomic E-state index is -0.0920. The van der Waals surface area contributed by atoms with Crippen molar-refractivity contribution >= 4 is 11.9 Å². The zero-order valence-corrected chi connectivity index (χ0v) is 20.9. The first kappa shape index (κ1) is 26.5. The van der Waals surface area contributed by atoms with Crippen LogP contribution >= 0.6 is 0 Å². The Labute approximate surface area is 184 Å². The van der Waals surface area contributed by atoms with Crippen LogP contribution in [0.2, 0.25) is 0 Å². The van der Waals surface area contributed by atoms with E-state index < -0.39 is 0 Å². The highest BCUT2D eigenvalue weighted by atomic mass is 16.5. The summed E-state index contributed by atoms with van der Waals surface area (Å²) >= 11 is 0. The smallest absolute Gasteiger partial charge is 0.182 e. The van der Waals surface area contributed by atoms with Gasteiger partial charge in [0, 0.05) is 6.42 Å². The van der Waals surface area contributed by atoms with Crippen LogP contribution < -0.4 is 0 Å². The number of hydrogen-bond acceptors (Lipinski definition) is 4. The van der Waals surface area contributed by atoms with E-state index in [0.29, 0.717) is 18.0 Å². The van der Waals surface area contributed by atoms with Gasteiger partial charge in [-0.3, -0.25) is 9.78 Å². The average molecular weight is 417 g/mol. The molecule has 0 radical (unpaired) electrons. The summed E-state index contributed by atoms with van der Waals surface area (Å²) in [4.78, 5) is 21.6. The third kappa shape index (κ3) is 9.97. The molecular formula is C26H44N2O2. The molecule has 1 rings (SSSR count). The van der Waals surface area contributed by atoms with Crippen molar-refractivity contribution in [2.24, 2.45) is 11.3 Å². The van der Waals surface area contributed by atoms with Gasteiger partial charge >= 0.3 is 0 Å². The van der Waals surface area contributed by atoms with E-state index in [9.17, 15) is 4.79 Å². The number of ketones is 1. The largest absolute Gasteiger partial charge is 0.376 e. The maximum atomic E-state index is 12.6. The lowest BCUT2D eigenvalue weighted by molar-refractivity contribution is -0.0252. The number of aryl methyl sites for hydroxylation is 1. The van der Waals surface area contributed by atoms with E-state index in [1.807, 2.05) is 6.92 Å². The van der Waals surface area contributed by atoms with Crippen LogP contribution in [-0.2, 0) is 4.74 Å². The highest BCUT2D eigenvalue weighted by Gasteiger charge is 2.17. The number of rotatable bonds is 11. The fraction of sp³-hybridized carbons (Fsp3) is 0.731. The topological polar surface area (TPSA) is 52.1 Å². The summed E-state index contributed by atoms with van der Waals surface area (Å²) in [6.45, 7) is 19.9. The van der Waals surface area contributed by atoms with Gasteiger partial charge < -0.3 is 4.74 Å². The summed E-state index contributed by atoms with van der Waals surface area (Å²) in [6.07, 6.45) is 9.63. The molecule has 1 aromatic rings. The number of aromatic nitrogens is 2. The molecule has 1 aromatic heterocycles. The van der Waals surface area contributed by atoms with Gasteiger partial charge in [-0.05, 0) is 71.3 Å². The summed E-state index contributed by atoms with van der Waals surface area (Å²) in [5, 5.41) is 0. The van der Waals surface area contributed by atoms with Crippen LogP contribution in [0.4, 0.5) is 0 Å². The van der Waals surface area contributed by atoms with Crippen molar-refractivity contribution in [1.29, 1.82) is 0 Å². The van der Waals surface area contributed by atoms with Crippen molar-refractivity contribution in [3.8, 4) is 0 Å². The molecule has 0 aliphatic rings. The Morgan fingerprint density at radius 1 is 1.13 bits per heavy atom. The molecule has 0 saturated carbocycles. The quantitative estimate of drug-likeness (QED) is 0.282. The van der Waals surface area contributed by atoms with Gasteiger partial charge in [0.2, 0.25) is 0 Å². The monoisotopic (exact) mass is 416 g/mol. The van der Waals surface area contributed by atoms with Crippen LogP contribution in [-0.4, -0.2) is 28.0 Å². The second-order valence-electron chi connectivity index (χ2n) is 10.6. The maximum Gasteiger partial charge on any atom is 0.182 e. The van der Waals surface area contributed by atoms with Gasteiger partial charge in [0.05, 0.1) is 29.8 Å². The second kappa shape index (κ2) is 11.7. The molecule has 0 bridgehead atoms. The second-order valence-corrected chi connectivity index (χ2v) is 10.6. The van der Waals surface area contributed by atoms with Crippen LogP contribution in [0.1, 0.15) is 116 Å². The Morgan fingerprint density at radius 3 is 2.33 bits per heavy atom. The molecule has 0 fully saturated rings. The van der Waals surface area contributed by atoms with E-state index in [1.54, 1.807) is 6.20 Å². The summed E-state index contributed by atoms with van der Waals surface area (Å²) in [7, 11) is 0. The summed E-state index contributed by atoms with van der Waals surface area (Å²) in [6, 6.07) is 0. The zero-order chi connectivity index (χ0) is 22.9. The number of carbonyl (C=O) groups excluding carboxylic acids is 1. The van der Waals surface area contributed by atoms with Gasteiger partial charge in [-0.25, -0.2) is 4.98 Å². The van der Waals surface area contributed by atoms with Gasteiger partial charge in [-0.1, -0.05) is 46.1 Å². The molecule has 0 saturated heterocycles. The number of allylic oxidation sites excluding steroid dienone is 1. The van der Waals surface area contributed by atoms with Crippen LogP contribution in [0.15, 0.2) is 11.8 Å². The summed E-state index contributed by atoms with van der Waals surface area (Å²) < 4.78 is 5.97. The fourth-order valence-electron chi connectivity index (χ4n) is 3.12. The van der Waals surface area contributed by atoms with Crippen molar-refractivity contribution < 1.29 is 9.53 Å². The number of Topliss-reactive ketones (excluding diaryl/α,β-unsaturated/α-hetero) is 1. The predicted molar refractivity (Wildman–Crippen MR) is 127 cm³/mol. The molecule has 4 nitrogen and oxygen atoms in total. The molecule has 0 spiro atoms. The molecule has 1 heterocycles. The van der Waals surface area contributed by atoms with Crippen LogP contribution in [0.3, 0.4) is 0 Å². The molecule has 30 heavy (non-hydrogen) atoms. The van der Waals surface area contributed by atoms with Crippen LogP contribution in [0.25, 0.3) is 6.08 Å². The molecule has 0 aliphatic carbocycles. The van der Waals surface area contributed by atoms with Gasteiger partial charge in [-0.2, -0.15) is 0 Å². The number of ether oxygens (including phenoxy) is 1. The summed E-state index contributed by atoms with van der Waals surface area (Å²) in [5.74, 6) is 0.662. The Morgan fingerprint density at radius 2 is 1.80 bits per heavy atom. The molecule has 0 aromatic carbocycles. The van der Waals surface area contributed by atoms with E-state index >= 15 is 0 Å². The van der Waals surface area contributed by atoms with E-state index in [-0.39, 0.29) is 16.8 Å². The Kier molecular flexibility index (Phi) is 10.4. The standard InChI is InChI=1S/C26H44N2O2/c1-10-13-21(18-30-26(7,8)9)14-11-12-15-24(29)23-17-27-22(20(3)28-23)16-19(2)25(4,5)6/h16-17,21H,10-15,18H2,1-9H3/b19-16+. The van der Waals surface area contributed by atoms with E-state index in [4.69, 9.17) is 4.74 Å². The molecule has 1 unspecified atom stereocenters. The van der Waals surface area contributed by atoms with Crippen molar-refractivity contribution in [3.05, 3.63) is 28.9 Å². The molecule has 1 atom stereocenters. The lowest BCUT2D eigenvalue weighted by Gasteiger charge is -2.24. The third-order valence-electron chi connectivity index (χ3n) is 5.52. The summed E-state index contributed by atoms with van der Waals surface area (Å²) in [5.41, 5.74) is 3.39. The maximum absolute atomic E-state index is 12.6. The number of unbranched alkanes of at least 4 members (excludes halogenated alkanes) is 1. The first-order chi connectivity index (χ1) is 13.8.